The van der Waals surface area contributed by atoms with Gasteiger partial charge in [-0.25, -0.2) is 9.98 Å². The Morgan fingerprint density at radius 3 is 2.78 bits per heavy atom. The van der Waals surface area contributed by atoms with Gasteiger partial charge in [-0.15, -0.1) is 0 Å². The third-order valence-electron chi connectivity index (χ3n) is 6.82. The molecular weight excluding hydrogens is 480 g/mol. The van der Waals surface area contributed by atoms with Crippen LogP contribution in [0.3, 0.4) is 0 Å². The van der Waals surface area contributed by atoms with Gasteiger partial charge in [-0.2, -0.15) is 0 Å². The molecule has 0 spiro atoms. The van der Waals surface area contributed by atoms with Gasteiger partial charge in [0.25, 0.3) is 11.8 Å². The van der Waals surface area contributed by atoms with E-state index in [-0.39, 0.29) is 24.3 Å². The van der Waals surface area contributed by atoms with Gasteiger partial charge in [-0.1, -0.05) is 48.0 Å². The Morgan fingerprint density at radius 1 is 1.22 bits per heavy atom. The Morgan fingerprint density at radius 2 is 2.03 bits per heavy atom. The number of nitrogens with zero attached hydrogens (tertiary/aromatic N) is 5. The molecular formula is C26H25ClN6O3. The number of rotatable bonds is 6. The van der Waals surface area contributed by atoms with Crippen molar-refractivity contribution in [2.24, 2.45) is 10.7 Å². The molecule has 0 saturated carbocycles. The average molecular weight is 505 g/mol. The minimum atomic E-state index is -0.700. The number of amides is 2. The summed E-state index contributed by atoms with van der Waals surface area (Å²) >= 11 is 6.45. The molecule has 0 bridgehead atoms. The topological polar surface area (TPSA) is 106 Å². The van der Waals surface area contributed by atoms with Crippen molar-refractivity contribution in [3.8, 4) is 5.75 Å². The summed E-state index contributed by atoms with van der Waals surface area (Å²) in [6.07, 6.45) is 1.49. The Hall–Kier alpha value is -3.85. The van der Waals surface area contributed by atoms with E-state index in [1.165, 1.54) is 5.56 Å². The summed E-state index contributed by atoms with van der Waals surface area (Å²) in [4.78, 5) is 39.2. The van der Waals surface area contributed by atoms with Crippen molar-refractivity contribution < 1.29 is 14.3 Å². The molecule has 10 heteroatoms. The van der Waals surface area contributed by atoms with E-state index >= 15 is 0 Å². The Balaban J connectivity index is 1.40. The molecule has 9 nitrogen and oxygen atoms in total. The summed E-state index contributed by atoms with van der Waals surface area (Å²) in [5, 5.41) is 0.508. The van der Waals surface area contributed by atoms with E-state index in [0.717, 1.165) is 24.0 Å². The standard InChI is InChI=1S/C26H25ClN6O3/c1-2-31-25(35)20-23(33-14-18(29-26(31)33)11-15-6-4-3-5-7-15)30-24(22(28)34)32(20)13-16-10-17-8-9-36-21(17)19(27)12-16/h3-7,10,12,18H,2,8-9,11,13-14H2,1H3,(H2,28,34). The number of imidazole rings is 1. The molecule has 1 atom stereocenters. The monoisotopic (exact) mass is 504 g/mol. The van der Waals surface area contributed by atoms with Gasteiger partial charge in [0.1, 0.15) is 5.75 Å². The van der Waals surface area contributed by atoms with E-state index in [9.17, 15) is 9.59 Å². The van der Waals surface area contributed by atoms with Crippen molar-refractivity contribution >= 4 is 35.2 Å². The fourth-order valence-electron chi connectivity index (χ4n) is 5.24. The summed E-state index contributed by atoms with van der Waals surface area (Å²) in [7, 11) is 0. The lowest BCUT2D eigenvalue weighted by Crippen LogP contribution is -2.50. The maximum atomic E-state index is 13.7. The number of anilines is 1. The largest absolute Gasteiger partial charge is 0.491 e. The molecule has 2 amide bonds. The molecule has 3 aliphatic heterocycles. The number of primary amides is 1. The molecule has 0 fully saturated rings. The van der Waals surface area contributed by atoms with Crippen LogP contribution < -0.4 is 15.4 Å². The van der Waals surface area contributed by atoms with Crippen LogP contribution >= 0.6 is 11.6 Å². The van der Waals surface area contributed by atoms with E-state index in [1.807, 2.05) is 36.1 Å². The zero-order chi connectivity index (χ0) is 25.0. The number of ether oxygens (including phenoxy) is 1. The fourth-order valence-corrected chi connectivity index (χ4v) is 5.56. The highest BCUT2D eigenvalue weighted by Crippen LogP contribution is 2.37. The van der Waals surface area contributed by atoms with Crippen molar-refractivity contribution in [3.63, 3.8) is 0 Å². The first-order valence-corrected chi connectivity index (χ1v) is 12.4. The van der Waals surface area contributed by atoms with Crippen LogP contribution in [0.2, 0.25) is 5.02 Å². The van der Waals surface area contributed by atoms with Gasteiger partial charge in [0, 0.05) is 13.0 Å². The van der Waals surface area contributed by atoms with Crippen LogP contribution in [0.1, 0.15) is 44.7 Å². The van der Waals surface area contributed by atoms with Crippen molar-refractivity contribution in [1.29, 1.82) is 0 Å². The number of guanidine groups is 1. The number of aromatic nitrogens is 2. The Labute approximate surface area is 213 Å². The smallest absolute Gasteiger partial charge is 0.284 e. The predicted octanol–water partition coefficient (Wildman–Crippen LogP) is 2.88. The van der Waals surface area contributed by atoms with Crippen LogP contribution in [0.15, 0.2) is 47.5 Å². The van der Waals surface area contributed by atoms with Crippen molar-refractivity contribution in [2.45, 2.75) is 32.4 Å². The second kappa shape index (κ2) is 8.67. The molecule has 4 heterocycles. The van der Waals surface area contributed by atoms with Crippen LogP contribution in [-0.4, -0.2) is 58.0 Å². The normalized spacial score (nSPS) is 18.0. The number of halogens is 1. The summed E-state index contributed by atoms with van der Waals surface area (Å²) in [6, 6.07) is 13.9. The van der Waals surface area contributed by atoms with Crippen molar-refractivity contribution in [2.75, 3.05) is 24.6 Å². The first-order valence-electron chi connectivity index (χ1n) is 12.0. The first kappa shape index (κ1) is 22.6. The number of benzene rings is 2. The van der Waals surface area contributed by atoms with Crippen LogP contribution in [0, 0.1) is 0 Å². The van der Waals surface area contributed by atoms with Crippen LogP contribution in [0.5, 0.6) is 5.75 Å². The fraction of sp³-hybridized carbons (Fsp3) is 0.308. The van der Waals surface area contributed by atoms with Gasteiger partial charge in [-0.3, -0.25) is 19.4 Å². The van der Waals surface area contributed by atoms with Gasteiger partial charge in [0.05, 0.1) is 30.8 Å². The maximum Gasteiger partial charge on any atom is 0.284 e. The van der Waals surface area contributed by atoms with Crippen LogP contribution in [-0.2, 0) is 19.4 Å². The molecule has 6 rings (SSSR count). The summed E-state index contributed by atoms with van der Waals surface area (Å²) < 4.78 is 7.22. The van der Waals surface area contributed by atoms with E-state index in [4.69, 9.17) is 27.1 Å². The summed E-state index contributed by atoms with van der Waals surface area (Å²) in [6.45, 7) is 3.70. The number of carbonyl (C=O) groups is 2. The first-order chi connectivity index (χ1) is 17.4. The number of hydrogen-bond donors (Lipinski definition) is 1. The minimum absolute atomic E-state index is 0.0324. The highest BCUT2D eigenvalue weighted by Gasteiger charge is 2.44. The molecule has 0 aliphatic carbocycles. The Bertz CT molecular complexity index is 1420. The molecule has 1 aromatic heterocycles. The molecule has 1 unspecified atom stereocenters. The second-order valence-corrected chi connectivity index (χ2v) is 9.56. The molecule has 2 N–H and O–H groups in total. The molecule has 36 heavy (non-hydrogen) atoms. The lowest BCUT2D eigenvalue weighted by molar-refractivity contribution is 0.0836. The molecule has 184 valence electrons. The number of hydrogen-bond acceptors (Lipinski definition) is 6. The second-order valence-electron chi connectivity index (χ2n) is 9.16. The lowest BCUT2D eigenvalue weighted by Gasteiger charge is -2.33. The molecule has 0 radical (unpaired) electrons. The number of nitrogens with two attached hydrogens (primary N) is 1. The van der Waals surface area contributed by atoms with E-state index in [0.29, 0.717) is 47.9 Å². The predicted molar refractivity (Wildman–Crippen MR) is 136 cm³/mol. The highest BCUT2D eigenvalue weighted by molar-refractivity contribution is 6.32. The SMILES string of the molecule is CCN1C(=O)c2c(nc(C(N)=O)n2Cc2cc(Cl)c3c(c2)CCO3)N2CC(Cc3ccccc3)N=C12. The average Bonchev–Trinajstić information content (AvgIpc) is 3.58. The molecule has 2 aromatic carbocycles. The third kappa shape index (κ3) is 3.62. The molecule has 0 saturated heterocycles. The summed E-state index contributed by atoms with van der Waals surface area (Å²) in [5.41, 5.74) is 9.08. The third-order valence-corrected chi connectivity index (χ3v) is 7.10. The van der Waals surface area contributed by atoms with Crippen LogP contribution in [0.4, 0.5) is 5.82 Å². The number of carbonyl (C=O) groups excluding carboxylic acids is 2. The van der Waals surface area contributed by atoms with Crippen LogP contribution in [0.25, 0.3) is 0 Å². The number of fused-ring (bicyclic) bond motifs is 4. The van der Waals surface area contributed by atoms with Gasteiger partial charge in [0.15, 0.2) is 11.5 Å². The number of aliphatic imine (C=N–C) groups is 1. The zero-order valence-electron chi connectivity index (χ0n) is 19.8. The minimum Gasteiger partial charge on any atom is -0.491 e. The molecule has 3 aliphatic rings. The molecule has 3 aromatic rings. The van der Waals surface area contributed by atoms with Crippen molar-refractivity contribution in [3.05, 3.63) is 75.7 Å². The van der Waals surface area contributed by atoms with Gasteiger partial charge < -0.3 is 15.0 Å². The van der Waals surface area contributed by atoms with E-state index in [1.54, 1.807) is 15.5 Å². The summed E-state index contributed by atoms with van der Waals surface area (Å²) in [5.74, 6) is 0.759. The van der Waals surface area contributed by atoms with Gasteiger partial charge in [-0.05, 0) is 36.1 Å². The lowest BCUT2D eigenvalue weighted by atomic mass is 10.1. The maximum absolute atomic E-state index is 13.7. The van der Waals surface area contributed by atoms with E-state index < -0.39 is 5.91 Å². The van der Waals surface area contributed by atoms with Gasteiger partial charge in [0.2, 0.25) is 11.8 Å². The Kier molecular flexibility index (Phi) is 5.44. The van der Waals surface area contributed by atoms with E-state index in [2.05, 4.69) is 17.1 Å². The van der Waals surface area contributed by atoms with Gasteiger partial charge >= 0.3 is 0 Å². The quantitative estimate of drug-likeness (QED) is 0.555. The zero-order valence-corrected chi connectivity index (χ0v) is 20.5. The highest BCUT2D eigenvalue weighted by atomic mass is 35.5. The van der Waals surface area contributed by atoms with Crippen molar-refractivity contribution in [1.82, 2.24) is 14.5 Å².